The van der Waals surface area contributed by atoms with Crippen LogP contribution in [-0.4, -0.2) is 0 Å². The van der Waals surface area contributed by atoms with Gasteiger partial charge in [-0.2, -0.15) is 21.0 Å². The normalized spacial score (nSPS) is 10.8. The second kappa shape index (κ2) is 7.32. The molecule has 0 aliphatic carbocycles. The van der Waals surface area contributed by atoms with E-state index in [1.807, 2.05) is 12.1 Å². The van der Waals surface area contributed by atoms with Gasteiger partial charge in [-0.15, -0.1) is 0 Å². The van der Waals surface area contributed by atoms with Crippen molar-refractivity contribution in [2.24, 2.45) is 10.8 Å². The van der Waals surface area contributed by atoms with Gasteiger partial charge in [0.05, 0.1) is 29.7 Å². The summed E-state index contributed by atoms with van der Waals surface area (Å²) in [5.41, 5.74) is -2.21. The van der Waals surface area contributed by atoms with Gasteiger partial charge in [-0.1, -0.05) is 19.3 Å². The van der Waals surface area contributed by atoms with Gasteiger partial charge < -0.3 is 0 Å². The topological polar surface area (TPSA) is 95.2 Å². The highest BCUT2D eigenvalue weighted by atomic mass is 14.5. The van der Waals surface area contributed by atoms with Crippen molar-refractivity contribution < 1.29 is 0 Å². The van der Waals surface area contributed by atoms with E-state index in [0.29, 0.717) is 12.8 Å². The predicted octanol–water partition coefficient (Wildman–Crippen LogP) is 3.43. The lowest BCUT2D eigenvalue weighted by Crippen LogP contribution is -2.34. The summed E-state index contributed by atoms with van der Waals surface area (Å²) < 4.78 is 0. The van der Waals surface area contributed by atoms with Crippen molar-refractivity contribution in [1.29, 1.82) is 21.0 Å². The van der Waals surface area contributed by atoms with E-state index in [1.54, 1.807) is 13.8 Å². The zero-order chi connectivity index (χ0) is 14.1. The van der Waals surface area contributed by atoms with E-state index >= 15 is 0 Å². The summed E-state index contributed by atoms with van der Waals surface area (Å²) in [6.45, 7) is 3.27. The molecule has 4 heteroatoms. The van der Waals surface area contributed by atoms with Gasteiger partial charge in [-0.25, -0.2) is 0 Å². The van der Waals surface area contributed by atoms with Crippen LogP contribution in [0.15, 0.2) is 0 Å². The molecule has 18 heavy (non-hydrogen) atoms. The van der Waals surface area contributed by atoms with Gasteiger partial charge >= 0.3 is 0 Å². The summed E-state index contributed by atoms with van der Waals surface area (Å²) in [6.07, 6.45) is 4.35. The molecule has 0 radical (unpaired) electrons. The van der Waals surface area contributed by atoms with E-state index < -0.39 is 10.8 Å². The summed E-state index contributed by atoms with van der Waals surface area (Å²) in [5, 5.41) is 35.9. The van der Waals surface area contributed by atoms with E-state index in [9.17, 15) is 10.5 Å². The van der Waals surface area contributed by atoms with Crippen LogP contribution in [0.2, 0.25) is 0 Å². The van der Waals surface area contributed by atoms with E-state index in [0.717, 1.165) is 25.7 Å². The van der Waals surface area contributed by atoms with Gasteiger partial charge in [-0.3, -0.25) is 0 Å². The smallest absolute Gasteiger partial charge is 0.161 e. The Labute approximate surface area is 109 Å². The van der Waals surface area contributed by atoms with Crippen LogP contribution in [0.3, 0.4) is 0 Å². The van der Waals surface area contributed by atoms with Crippen LogP contribution < -0.4 is 0 Å². The highest BCUT2D eigenvalue weighted by Crippen LogP contribution is 2.41. The molecule has 0 atom stereocenters. The molecule has 0 aliphatic rings. The van der Waals surface area contributed by atoms with Gasteiger partial charge in [0.25, 0.3) is 0 Å². The minimum atomic E-state index is -1.24. The van der Waals surface area contributed by atoms with Crippen LogP contribution in [0.5, 0.6) is 0 Å². The Morgan fingerprint density at radius 2 is 1.33 bits per heavy atom. The first-order valence-corrected chi connectivity index (χ1v) is 6.10. The van der Waals surface area contributed by atoms with Gasteiger partial charge in [0.2, 0.25) is 0 Å². The van der Waals surface area contributed by atoms with Crippen LogP contribution in [0.4, 0.5) is 0 Å². The van der Waals surface area contributed by atoms with Crippen molar-refractivity contribution in [3.8, 4) is 24.3 Å². The maximum atomic E-state index is 9.22. The lowest BCUT2D eigenvalue weighted by atomic mass is 9.65. The Balaban J connectivity index is 4.43. The van der Waals surface area contributed by atoms with E-state index in [2.05, 4.69) is 12.1 Å². The maximum absolute atomic E-state index is 9.22. The molecule has 0 aliphatic heterocycles. The lowest BCUT2D eigenvalue weighted by Gasteiger charge is -2.30. The molecule has 0 saturated carbocycles. The first-order chi connectivity index (χ1) is 8.49. The summed E-state index contributed by atoms with van der Waals surface area (Å²) >= 11 is 0. The summed E-state index contributed by atoms with van der Waals surface area (Å²) in [7, 11) is 0. The van der Waals surface area contributed by atoms with Crippen LogP contribution in [-0.2, 0) is 0 Å². The summed E-state index contributed by atoms with van der Waals surface area (Å²) in [5.74, 6) is 0. The van der Waals surface area contributed by atoms with E-state index in [4.69, 9.17) is 10.5 Å². The molecule has 0 aromatic carbocycles. The molecule has 94 valence electrons. The maximum Gasteiger partial charge on any atom is 0.161 e. The summed E-state index contributed by atoms with van der Waals surface area (Å²) in [4.78, 5) is 0. The van der Waals surface area contributed by atoms with Crippen LogP contribution in [0, 0.1) is 56.2 Å². The van der Waals surface area contributed by atoms with Crippen molar-refractivity contribution in [1.82, 2.24) is 0 Å². The zero-order valence-corrected chi connectivity index (χ0v) is 11.0. The lowest BCUT2D eigenvalue weighted by molar-refractivity contribution is 0.249. The van der Waals surface area contributed by atoms with Gasteiger partial charge in [0.15, 0.2) is 5.41 Å². The Kier molecular flexibility index (Phi) is 6.49. The molecule has 0 bridgehead atoms. The number of nitrogens with zero attached hydrogens (tertiary/aromatic N) is 4. The molecular formula is C14H18N4. The quantitative estimate of drug-likeness (QED) is 0.639. The molecule has 0 aromatic rings. The first-order valence-electron chi connectivity index (χ1n) is 6.10. The Bertz CT molecular complexity index is 409. The number of hydrogen-bond acceptors (Lipinski definition) is 4. The molecule has 0 unspecified atom stereocenters. The number of nitriles is 4. The van der Waals surface area contributed by atoms with Gasteiger partial charge in [0, 0.05) is 6.42 Å². The van der Waals surface area contributed by atoms with Crippen molar-refractivity contribution in [3.63, 3.8) is 0 Å². The monoisotopic (exact) mass is 242 g/mol. The zero-order valence-electron chi connectivity index (χ0n) is 11.0. The molecule has 0 N–H and O–H groups in total. The van der Waals surface area contributed by atoms with E-state index in [1.165, 1.54) is 0 Å². The van der Waals surface area contributed by atoms with Crippen molar-refractivity contribution in [3.05, 3.63) is 0 Å². The predicted molar refractivity (Wildman–Crippen MR) is 66.4 cm³/mol. The second-order valence-electron chi connectivity index (χ2n) is 4.94. The van der Waals surface area contributed by atoms with Gasteiger partial charge in [-0.05, 0) is 26.7 Å². The highest BCUT2D eigenvalue weighted by molar-refractivity contribution is 5.25. The van der Waals surface area contributed by atoms with Crippen LogP contribution in [0.1, 0.15) is 52.4 Å². The largest absolute Gasteiger partial charge is 0.198 e. The fraction of sp³-hybridized carbons (Fsp3) is 0.714. The summed E-state index contributed by atoms with van der Waals surface area (Å²) in [6, 6.07) is 8.19. The molecule has 0 rings (SSSR count). The van der Waals surface area contributed by atoms with Crippen molar-refractivity contribution >= 4 is 0 Å². The molecule has 0 heterocycles. The third-order valence-electron chi connectivity index (χ3n) is 3.32. The molecule has 0 spiro atoms. The number of unbranched alkanes of at least 4 members (excludes halogenated alkanes) is 4. The molecule has 0 saturated heterocycles. The molecule has 0 aromatic heterocycles. The van der Waals surface area contributed by atoms with Crippen molar-refractivity contribution in [2.75, 3.05) is 0 Å². The second-order valence-corrected chi connectivity index (χ2v) is 4.94. The standard InChI is InChI=1S/C14H18N4/c1-13(2,10-16)14(11-17,12-18)8-6-4-3-5-7-9-15/h3-8H2,1-2H3. The Hall–Kier alpha value is -2.04. The number of hydrogen-bond donors (Lipinski definition) is 0. The van der Waals surface area contributed by atoms with Crippen LogP contribution >= 0.6 is 0 Å². The third-order valence-corrected chi connectivity index (χ3v) is 3.32. The average molecular weight is 242 g/mol. The minimum Gasteiger partial charge on any atom is -0.198 e. The highest BCUT2D eigenvalue weighted by Gasteiger charge is 2.46. The fourth-order valence-corrected chi connectivity index (χ4v) is 1.77. The average Bonchev–Trinajstić information content (AvgIpc) is 2.38. The molecule has 4 nitrogen and oxygen atoms in total. The number of rotatable bonds is 7. The van der Waals surface area contributed by atoms with Crippen molar-refractivity contribution in [2.45, 2.75) is 52.4 Å². The van der Waals surface area contributed by atoms with Crippen LogP contribution in [0.25, 0.3) is 0 Å². The Morgan fingerprint density at radius 1 is 0.778 bits per heavy atom. The SMILES string of the molecule is CC(C)(C#N)C(C#N)(C#N)CCCCCCC#N. The molecular weight excluding hydrogens is 224 g/mol. The third kappa shape index (κ3) is 3.76. The first kappa shape index (κ1) is 16.0. The minimum absolute atomic E-state index is 0.410. The van der Waals surface area contributed by atoms with Gasteiger partial charge in [0.1, 0.15) is 0 Å². The van der Waals surface area contributed by atoms with E-state index in [-0.39, 0.29) is 0 Å². The Morgan fingerprint density at radius 3 is 1.78 bits per heavy atom. The molecule has 0 amide bonds. The fourth-order valence-electron chi connectivity index (χ4n) is 1.77. The molecule has 0 fully saturated rings.